The summed E-state index contributed by atoms with van der Waals surface area (Å²) in [7, 11) is 0. The third kappa shape index (κ3) is 3.72. The third-order valence-corrected chi connectivity index (χ3v) is 6.07. The number of benzene rings is 1. The lowest BCUT2D eigenvalue weighted by atomic mass is 10.2. The Morgan fingerprint density at radius 2 is 2.11 bits per heavy atom. The number of furan rings is 1. The van der Waals surface area contributed by atoms with Crippen molar-refractivity contribution < 1.29 is 14.0 Å². The summed E-state index contributed by atoms with van der Waals surface area (Å²) in [5.74, 6) is 0.254. The van der Waals surface area contributed by atoms with Gasteiger partial charge in [0.1, 0.15) is 5.76 Å². The van der Waals surface area contributed by atoms with E-state index in [-0.39, 0.29) is 17.2 Å². The molecule has 1 saturated heterocycles. The maximum atomic E-state index is 12.3. The number of hydrogen-bond donors (Lipinski definition) is 0. The molecule has 4 rings (SSSR count). The van der Waals surface area contributed by atoms with E-state index in [0.29, 0.717) is 27.2 Å². The zero-order chi connectivity index (χ0) is 19.1. The normalized spacial score (nSPS) is 18.0. The average molecular weight is 419 g/mol. The van der Waals surface area contributed by atoms with E-state index in [1.807, 2.05) is 38.1 Å². The lowest BCUT2D eigenvalue weighted by molar-refractivity contribution is -0.123. The van der Waals surface area contributed by atoms with Crippen molar-refractivity contribution in [2.24, 2.45) is 4.99 Å². The van der Waals surface area contributed by atoms with Crippen LogP contribution in [0.2, 0.25) is 5.02 Å². The minimum Gasteiger partial charge on any atom is -0.450 e. The molecule has 0 atom stereocenters. The number of thioether (sulfide) groups is 2. The van der Waals surface area contributed by atoms with Gasteiger partial charge in [-0.2, -0.15) is 0 Å². The zero-order valence-electron chi connectivity index (χ0n) is 14.6. The number of carbonyl (C=O) groups is 2. The number of halogens is 1. The molecule has 2 aliphatic rings. The summed E-state index contributed by atoms with van der Waals surface area (Å²) < 4.78 is 5.79. The van der Waals surface area contributed by atoms with E-state index in [0.717, 1.165) is 28.1 Å². The van der Waals surface area contributed by atoms with Gasteiger partial charge in [-0.05, 0) is 73.3 Å². The van der Waals surface area contributed by atoms with Crippen molar-refractivity contribution >= 4 is 63.1 Å². The number of aliphatic imine (C=N–C) groups is 1. The molecule has 0 radical (unpaired) electrons. The molecule has 0 unspecified atom stereocenters. The molecule has 0 N–H and O–H groups in total. The Bertz CT molecular complexity index is 1010. The van der Waals surface area contributed by atoms with Gasteiger partial charge in [0.2, 0.25) is 0 Å². The van der Waals surface area contributed by atoms with Crippen molar-refractivity contribution in [2.75, 3.05) is 0 Å². The first-order chi connectivity index (χ1) is 12.9. The molecule has 0 spiro atoms. The zero-order valence-corrected chi connectivity index (χ0v) is 17.0. The van der Waals surface area contributed by atoms with Gasteiger partial charge in [0, 0.05) is 23.6 Å². The smallest absolute Gasteiger partial charge is 0.293 e. The summed E-state index contributed by atoms with van der Waals surface area (Å²) in [5, 5.41) is 2.06. The van der Waals surface area contributed by atoms with Crippen LogP contribution in [0.4, 0.5) is 10.5 Å². The van der Waals surface area contributed by atoms with Crippen LogP contribution in [0.1, 0.15) is 25.2 Å². The molecule has 2 aromatic rings. The molecular weight excluding hydrogens is 404 g/mol. The number of rotatable bonds is 3. The Morgan fingerprint density at radius 3 is 2.85 bits per heavy atom. The second-order valence-electron chi connectivity index (χ2n) is 6.36. The predicted molar refractivity (Wildman–Crippen MR) is 110 cm³/mol. The summed E-state index contributed by atoms with van der Waals surface area (Å²) in [6.45, 7) is 3.63. The molecule has 3 heterocycles. The van der Waals surface area contributed by atoms with Gasteiger partial charge in [0.15, 0.2) is 5.09 Å². The predicted octanol–water partition coefficient (Wildman–Crippen LogP) is 5.76. The van der Waals surface area contributed by atoms with Gasteiger partial charge in [-0.25, -0.2) is 4.99 Å². The van der Waals surface area contributed by atoms with Crippen molar-refractivity contribution in [3.05, 3.63) is 51.6 Å². The van der Waals surface area contributed by atoms with E-state index in [4.69, 9.17) is 16.0 Å². The van der Waals surface area contributed by atoms with Gasteiger partial charge < -0.3 is 4.42 Å². The van der Waals surface area contributed by atoms with Crippen molar-refractivity contribution in [1.29, 1.82) is 0 Å². The van der Waals surface area contributed by atoms with Crippen molar-refractivity contribution in [3.8, 4) is 0 Å². The Kier molecular flexibility index (Phi) is 4.92. The molecule has 1 aromatic heterocycles. The van der Waals surface area contributed by atoms with Crippen LogP contribution in [0.5, 0.6) is 0 Å². The van der Waals surface area contributed by atoms with E-state index in [1.165, 1.54) is 16.7 Å². The summed E-state index contributed by atoms with van der Waals surface area (Å²) in [5.41, 5.74) is 2.02. The first-order valence-corrected chi connectivity index (χ1v) is 10.3. The van der Waals surface area contributed by atoms with Gasteiger partial charge in [0.05, 0.1) is 15.6 Å². The number of fused-ring (bicyclic) bond motifs is 1. The van der Waals surface area contributed by atoms with Gasteiger partial charge in [-0.1, -0.05) is 11.6 Å². The van der Waals surface area contributed by atoms with Gasteiger partial charge in [-0.3, -0.25) is 14.5 Å². The van der Waals surface area contributed by atoms with E-state index in [2.05, 4.69) is 4.99 Å². The van der Waals surface area contributed by atoms with Crippen LogP contribution in [-0.4, -0.2) is 27.1 Å². The van der Waals surface area contributed by atoms with Crippen LogP contribution < -0.4 is 0 Å². The van der Waals surface area contributed by atoms with Crippen LogP contribution in [0.15, 0.2) is 49.7 Å². The largest absolute Gasteiger partial charge is 0.450 e. The quantitative estimate of drug-likeness (QED) is 0.593. The van der Waals surface area contributed by atoms with Crippen LogP contribution in [0.3, 0.4) is 0 Å². The number of hydrogen-bond acceptors (Lipinski definition) is 6. The highest BCUT2D eigenvalue weighted by Crippen LogP contribution is 2.37. The average Bonchev–Trinajstić information content (AvgIpc) is 3.26. The first-order valence-electron chi connectivity index (χ1n) is 8.31. The summed E-state index contributed by atoms with van der Waals surface area (Å²) >= 11 is 8.40. The highest BCUT2D eigenvalue weighted by molar-refractivity contribution is 8.18. The maximum Gasteiger partial charge on any atom is 0.293 e. The van der Waals surface area contributed by atoms with E-state index >= 15 is 0 Å². The molecule has 1 fully saturated rings. The molecular formula is C19H15ClN2O3S2. The van der Waals surface area contributed by atoms with Crippen molar-refractivity contribution in [2.45, 2.75) is 31.4 Å². The maximum absolute atomic E-state index is 12.3. The Hall–Kier alpha value is -1.96. The summed E-state index contributed by atoms with van der Waals surface area (Å²) in [6.07, 6.45) is 2.33. The lowest BCUT2D eigenvalue weighted by Gasteiger charge is -2.16. The fourth-order valence-electron chi connectivity index (χ4n) is 2.84. The number of carbonyl (C=O) groups excluding carboxylic acids is 2. The van der Waals surface area contributed by atoms with E-state index < -0.39 is 0 Å². The Balaban J connectivity index is 1.47. The third-order valence-electron chi connectivity index (χ3n) is 4.06. The van der Waals surface area contributed by atoms with Crippen LogP contribution in [-0.2, 0) is 11.2 Å². The van der Waals surface area contributed by atoms with Crippen LogP contribution in [0, 0.1) is 0 Å². The second kappa shape index (κ2) is 7.22. The summed E-state index contributed by atoms with van der Waals surface area (Å²) in [6, 6.07) is 9.11. The monoisotopic (exact) mass is 418 g/mol. The minimum atomic E-state index is -0.280. The molecule has 2 amide bonds. The molecule has 8 heteroatoms. The topological polar surface area (TPSA) is 62.9 Å². The van der Waals surface area contributed by atoms with Crippen LogP contribution in [0.25, 0.3) is 6.08 Å². The van der Waals surface area contributed by atoms with Gasteiger partial charge in [-0.15, -0.1) is 0 Å². The van der Waals surface area contributed by atoms with Crippen LogP contribution >= 0.6 is 35.1 Å². The number of imide groups is 1. The van der Waals surface area contributed by atoms with Crippen molar-refractivity contribution in [1.82, 2.24) is 4.90 Å². The van der Waals surface area contributed by atoms with Crippen molar-refractivity contribution in [3.63, 3.8) is 0 Å². The lowest BCUT2D eigenvalue weighted by Crippen LogP contribution is -2.34. The highest BCUT2D eigenvalue weighted by atomic mass is 35.5. The first kappa shape index (κ1) is 18.4. The highest BCUT2D eigenvalue weighted by Gasteiger charge is 2.36. The van der Waals surface area contributed by atoms with E-state index in [1.54, 1.807) is 12.1 Å². The number of amides is 2. The standard InChI is InChI=1S/C19H15ClN2O3S2/c1-10(2)22-18(23)15(26-19(22)24)9-13-4-6-17(25-13)27-16-8-11-7-12(20)3-5-14(11)21-16/h3-7,9-10H,8H2,1-2H3/b15-9-. The molecule has 1 aromatic carbocycles. The fraction of sp³-hybridized carbons (Fsp3) is 0.211. The summed E-state index contributed by atoms with van der Waals surface area (Å²) in [4.78, 5) is 30.5. The molecule has 5 nitrogen and oxygen atoms in total. The number of nitrogens with zero attached hydrogens (tertiary/aromatic N) is 2. The Labute approximate surface area is 169 Å². The molecule has 2 aliphatic heterocycles. The van der Waals surface area contributed by atoms with Gasteiger partial charge in [0.25, 0.3) is 11.1 Å². The molecule has 0 bridgehead atoms. The fourth-order valence-corrected chi connectivity index (χ4v) is 4.85. The Morgan fingerprint density at radius 1 is 1.30 bits per heavy atom. The molecule has 0 aliphatic carbocycles. The van der Waals surface area contributed by atoms with Gasteiger partial charge >= 0.3 is 0 Å². The SMILES string of the molecule is CC(C)N1C(=O)S/C(=C\c2ccc(SC3=Nc4ccc(Cl)cc4C3)o2)C1=O. The second-order valence-corrected chi connectivity index (χ2v) is 8.87. The molecule has 27 heavy (non-hydrogen) atoms. The molecule has 0 saturated carbocycles. The minimum absolute atomic E-state index is 0.165. The molecule has 138 valence electrons. The van der Waals surface area contributed by atoms with E-state index in [9.17, 15) is 9.59 Å².